The van der Waals surface area contributed by atoms with E-state index >= 15 is 0 Å². The van der Waals surface area contributed by atoms with Gasteiger partial charge in [-0.3, -0.25) is 4.79 Å². The van der Waals surface area contributed by atoms with Gasteiger partial charge in [-0.05, 0) is 18.4 Å². The van der Waals surface area contributed by atoms with Gasteiger partial charge in [0, 0.05) is 6.42 Å². The van der Waals surface area contributed by atoms with Crippen LogP contribution in [-0.4, -0.2) is 10.9 Å². The van der Waals surface area contributed by atoms with E-state index in [-0.39, 0.29) is 11.9 Å². The van der Waals surface area contributed by atoms with Gasteiger partial charge < -0.3 is 9.73 Å². The van der Waals surface area contributed by atoms with Crippen molar-refractivity contribution in [3.63, 3.8) is 0 Å². The molecule has 0 aliphatic heterocycles. The Kier molecular flexibility index (Phi) is 4.35. The molecular weight excluding hydrogens is 240 g/mol. The zero-order chi connectivity index (χ0) is 13.5. The summed E-state index contributed by atoms with van der Waals surface area (Å²) in [5.41, 5.74) is 1.09. The van der Waals surface area contributed by atoms with Crippen LogP contribution < -0.4 is 5.32 Å². The molecular formula is C15H14N2O2. The zero-order valence-electron chi connectivity index (χ0n) is 10.6. The molecule has 4 nitrogen and oxygen atoms in total. The molecule has 19 heavy (non-hydrogen) atoms. The summed E-state index contributed by atoms with van der Waals surface area (Å²) in [6.45, 7) is 1.62. The molecule has 0 aliphatic carbocycles. The van der Waals surface area contributed by atoms with Crippen molar-refractivity contribution in [2.75, 3.05) is 0 Å². The molecule has 0 bridgehead atoms. The minimum Gasteiger partial charge on any atom is -0.447 e. The van der Waals surface area contributed by atoms with Crippen LogP contribution in [0.15, 0.2) is 47.2 Å². The lowest BCUT2D eigenvalue weighted by molar-refractivity contribution is -0.116. The van der Waals surface area contributed by atoms with Gasteiger partial charge in [0.1, 0.15) is 12.3 Å². The maximum absolute atomic E-state index is 11.6. The third-order valence-corrected chi connectivity index (χ3v) is 2.58. The summed E-state index contributed by atoms with van der Waals surface area (Å²) in [4.78, 5) is 15.7. The van der Waals surface area contributed by atoms with E-state index in [1.807, 2.05) is 30.3 Å². The van der Waals surface area contributed by atoms with Crippen LogP contribution in [0.1, 0.15) is 24.4 Å². The molecule has 2 rings (SSSR count). The van der Waals surface area contributed by atoms with Crippen LogP contribution in [0.4, 0.5) is 0 Å². The maximum atomic E-state index is 11.6. The van der Waals surface area contributed by atoms with E-state index in [1.165, 1.54) is 6.26 Å². The molecule has 0 saturated carbocycles. The number of amides is 1. The first-order chi connectivity index (χ1) is 9.29. The standard InChI is InChI=1S/C15H14N2O2/c1-2-6-14(18)17-13(15-16-9-10-19-15)11-12-7-4-3-5-8-12/h3-5,7-10,13H,11H2,1H3,(H,17,18). The number of carbonyl (C=O) groups excluding carboxylic acids is 1. The Hall–Kier alpha value is -2.54. The lowest BCUT2D eigenvalue weighted by Crippen LogP contribution is -2.29. The van der Waals surface area contributed by atoms with Crippen LogP contribution in [0.5, 0.6) is 0 Å². The summed E-state index contributed by atoms with van der Waals surface area (Å²) in [6, 6.07) is 9.53. The third kappa shape index (κ3) is 3.71. The molecule has 1 amide bonds. The first-order valence-electron chi connectivity index (χ1n) is 5.96. The molecule has 2 aromatic rings. The van der Waals surface area contributed by atoms with Gasteiger partial charge in [0.2, 0.25) is 5.89 Å². The van der Waals surface area contributed by atoms with Gasteiger partial charge in [0.05, 0.1) is 6.20 Å². The number of carbonyl (C=O) groups is 1. The Morgan fingerprint density at radius 1 is 1.42 bits per heavy atom. The quantitative estimate of drug-likeness (QED) is 0.850. The lowest BCUT2D eigenvalue weighted by atomic mass is 10.1. The maximum Gasteiger partial charge on any atom is 0.296 e. The Balaban J connectivity index is 2.15. The number of rotatable bonds is 4. The summed E-state index contributed by atoms with van der Waals surface area (Å²) in [7, 11) is 0. The SMILES string of the molecule is CC#CC(=O)NC(Cc1ccccc1)c1ncco1. The summed E-state index contributed by atoms with van der Waals surface area (Å²) in [6.07, 6.45) is 3.66. The zero-order valence-corrected chi connectivity index (χ0v) is 10.6. The molecule has 4 heteroatoms. The fourth-order valence-electron chi connectivity index (χ4n) is 1.76. The van der Waals surface area contributed by atoms with Gasteiger partial charge in [0.25, 0.3) is 5.91 Å². The lowest BCUT2D eigenvalue weighted by Gasteiger charge is -2.13. The number of aromatic nitrogens is 1. The average molecular weight is 254 g/mol. The van der Waals surface area contributed by atoms with E-state index in [0.29, 0.717) is 12.3 Å². The molecule has 1 N–H and O–H groups in total. The molecule has 0 radical (unpaired) electrons. The molecule has 1 unspecified atom stereocenters. The van der Waals surface area contributed by atoms with Crippen molar-refractivity contribution >= 4 is 5.91 Å². The van der Waals surface area contributed by atoms with Crippen molar-refractivity contribution in [2.24, 2.45) is 0 Å². The Labute approximate surface area is 111 Å². The number of benzene rings is 1. The number of nitrogens with one attached hydrogen (secondary N) is 1. The summed E-state index contributed by atoms with van der Waals surface area (Å²) in [5, 5.41) is 2.80. The van der Waals surface area contributed by atoms with Gasteiger partial charge in [-0.25, -0.2) is 4.98 Å². The van der Waals surface area contributed by atoms with E-state index in [0.717, 1.165) is 5.56 Å². The number of oxazole rings is 1. The van der Waals surface area contributed by atoms with Gasteiger partial charge in [-0.2, -0.15) is 0 Å². The Morgan fingerprint density at radius 2 is 2.21 bits per heavy atom. The van der Waals surface area contributed by atoms with Crippen LogP contribution >= 0.6 is 0 Å². The number of hydrogen-bond donors (Lipinski definition) is 1. The highest BCUT2D eigenvalue weighted by molar-refractivity contribution is 5.93. The fourth-order valence-corrected chi connectivity index (χ4v) is 1.76. The predicted molar refractivity (Wildman–Crippen MR) is 71.0 cm³/mol. The van der Waals surface area contributed by atoms with Crippen LogP contribution in [0.3, 0.4) is 0 Å². The number of hydrogen-bond acceptors (Lipinski definition) is 3. The minimum atomic E-state index is -0.332. The van der Waals surface area contributed by atoms with E-state index < -0.39 is 0 Å². The van der Waals surface area contributed by atoms with Gasteiger partial charge >= 0.3 is 0 Å². The smallest absolute Gasteiger partial charge is 0.296 e. The monoisotopic (exact) mass is 254 g/mol. The average Bonchev–Trinajstić information content (AvgIpc) is 2.93. The molecule has 0 spiro atoms. The second-order valence-electron chi connectivity index (χ2n) is 3.96. The highest BCUT2D eigenvalue weighted by Gasteiger charge is 2.18. The molecule has 1 heterocycles. The van der Waals surface area contributed by atoms with Crippen molar-refractivity contribution < 1.29 is 9.21 Å². The van der Waals surface area contributed by atoms with Crippen molar-refractivity contribution in [1.29, 1.82) is 0 Å². The van der Waals surface area contributed by atoms with Crippen molar-refractivity contribution in [1.82, 2.24) is 10.3 Å². The van der Waals surface area contributed by atoms with E-state index in [9.17, 15) is 4.79 Å². The summed E-state index contributed by atoms with van der Waals surface area (Å²) in [5.74, 6) is 5.17. The summed E-state index contributed by atoms with van der Waals surface area (Å²) >= 11 is 0. The first-order valence-corrected chi connectivity index (χ1v) is 5.96. The topological polar surface area (TPSA) is 55.1 Å². The third-order valence-electron chi connectivity index (χ3n) is 2.58. The van der Waals surface area contributed by atoms with Crippen molar-refractivity contribution in [3.05, 3.63) is 54.2 Å². The van der Waals surface area contributed by atoms with Crippen LogP contribution in [0.25, 0.3) is 0 Å². The van der Waals surface area contributed by atoms with Gasteiger partial charge in [0.15, 0.2) is 0 Å². The molecule has 96 valence electrons. The minimum absolute atomic E-state index is 0.314. The van der Waals surface area contributed by atoms with Crippen LogP contribution in [0, 0.1) is 11.8 Å². The second-order valence-corrected chi connectivity index (χ2v) is 3.96. The Bertz CT molecular complexity index is 580. The van der Waals surface area contributed by atoms with Gasteiger partial charge in [-0.15, -0.1) is 0 Å². The fraction of sp³-hybridized carbons (Fsp3) is 0.200. The summed E-state index contributed by atoms with van der Waals surface area (Å²) < 4.78 is 5.27. The molecule has 1 aromatic heterocycles. The highest BCUT2D eigenvalue weighted by Crippen LogP contribution is 2.16. The van der Waals surface area contributed by atoms with E-state index in [4.69, 9.17) is 4.42 Å². The van der Waals surface area contributed by atoms with Crippen LogP contribution in [0.2, 0.25) is 0 Å². The van der Waals surface area contributed by atoms with Gasteiger partial charge in [-0.1, -0.05) is 36.3 Å². The van der Waals surface area contributed by atoms with Crippen molar-refractivity contribution in [3.8, 4) is 11.8 Å². The van der Waals surface area contributed by atoms with Crippen LogP contribution in [-0.2, 0) is 11.2 Å². The molecule has 0 saturated heterocycles. The van der Waals surface area contributed by atoms with Crippen molar-refractivity contribution in [2.45, 2.75) is 19.4 Å². The Morgan fingerprint density at radius 3 is 2.84 bits per heavy atom. The van der Waals surface area contributed by atoms with E-state index in [2.05, 4.69) is 22.1 Å². The normalized spacial score (nSPS) is 11.2. The largest absolute Gasteiger partial charge is 0.447 e. The van der Waals surface area contributed by atoms with E-state index in [1.54, 1.807) is 13.1 Å². The first kappa shape index (κ1) is 12.9. The molecule has 0 fully saturated rings. The molecule has 1 atom stereocenters. The molecule has 0 aliphatic rings. The molecule has 1 aromatic carbocycles. The highest BCUT2D eigenvalue weighted by atomic mass is 16.3. The predicted octanol–water partition coefficient (Wildman–Crippen LogP) is 2.10. The second kappa shape index (κ2) is 6.41. The number of nitrogens with zero attached hydrogens (tertiary/aromatic N) is 1.